The lowest BCUT2D eigenvalue weighted by molar-refractivity contribution is 0.601. The van der Waals surface area contributed by atoms with Crippen LogP contribution in [0.2, 0.25) is 0 Å². The van der Waals surface area contributed by atoms with E-state index in [4.69, 9.17) is 0 Å². The number of benzene rings is 2. The van der Waals surface area contributed by atoms with Gasteiger partial charge in [-0.05, 0) is 46.3 Å². The minimum absolute atomic E-state index is 0.218. The molecule has 0 bridgehead atoms. The Bertz CT molecular complexity index is 715. The van der Waals surface area contributed by atoms with E-state index in [9.17, 15) is 8.42 Å². The van der Waals surface area contributed by atoms with Crippen LogP contribution in [-0.2, 0) is 10.0 Å². The molecule has 0 saturated carbocycles. The number of hydrogen-bond donors (Lipinski definition) is 1. The van der Waals surface area contributed by atoms with E-state index in [1.807, 2.05) is 31.1 Å². The summed E-state index contributed by atoms with van der Waals surface area (Å²) >= 11 is 3.26. The van der Waals surface area contributed by atoms with Gasteiger partial charge in [0.25, 0.3) is 10.0 Å². The molecule has 0 aliphatic rings. The van der Waals surface area contributed by atoms with E-state index in [1.54, 1.807) is 36.4 Å². The molecule has 0 amide bonds. The lowest BCUT2D eigenvalue weighted by Gasteiger charge is -2.15. The maximum absolute atomic E-state index is 12.3. The molecule has 0 atom stereocenters. The summed E-state index contributed by atoms with van der Waals surface area (Å²) in [6, 6.07) is 14.0. The molecule has 0 aromatic heterocycles. The second-order valence-electron chi connectivity index (χ2n) is 4.48. The van der Waals surface area contributed by atoms with Crippen LogP contribution in [0, 0.1) is 0 Å². The van der Waals surface area contributed by atoms with Crippen LogP contribution in [-0.4, -0.2) is 22.5 Å². The Morgan fingerprint density at radius 3 is 2.40 bits per heavy atom. The van der Waals surface area contributed by atoms with Crippen LogP contribution < -0.4 is 9.62 Å². The standard InChI is InChI=1S/C14H15BrN2O2S/c1-17(2)12-7-5-6-11(10-12)16-20(18,19)14-9-4-3-8-13(14)15/h3-10,16H,1-2H3. The van der Waals surface area contributed by atoms with Crippen LogP contribution in [0.1, 0.15) is 0 Å². The third kappa shape index (κ3) is 3.32. The Balaban J connectivity index is 2.34. The second-order valence-corrected chi connectivity index (χ2v) is 6.99. The first-order valence-corrected chi connectivity index (χ1v) is 8.22. The van der Waals surface area contributed by atoms with Crippen LogP contribution in [0.25, 0.3) is 0 Å². The Kier molecular flexibility index (Phi) is 4.35. The number of hydrogen-bond acceptors (Lipinski definition) is 3. The number of halogens is 1. The van der Waals surface area contributed by atoms with Crippen molar-refractivity contribution in [2.45, 2.75) is 4.90 Å². The van der Waals surface area contributed by atoms with E-state index in [2.05, 4.69) is 20.7 Å². The first-order chi connectivity index (χ1) is 9.40. The van der Waals surface area contributed by atoms with Crippen molar-refractivity contribution in [1.29, 1.82) is 0 Å². The number of nitrogens with one attached hydrogen (secondary N) is 1. The fourth-order valence-electron chi connectivity index (χ4n) is 1.72. The van der Waals surface area contributed by atoms with Gasteiger partial charge < -0.3 is 4.90 Å². The molecule has 0 fully saturated rings. The Hall–Kier alpha value is -1.53. The van der Waals surface area contributed by atoms with Gasteiger partial charge in [-0.3, -0.25) is 4.72 Å². The summed E-state index contributed by atoms with van der Waals surface area (Å²) < 4.78 is 27.8. The molecule has 0 saturated heterocycles. The summed E-state index contributed by atoms with van der Waals surface area (Å²) in [4.78, 5) is 2.13. The Morgan fingerprint density at radius 2 is 1.75 bits per heavy atom. The highest BCUT2D eigenvalue weighted by molar-refractivity contribution is 9.10. The van der Waals surface area contributed by atoms with Crippen molar-refractivity contribution in [3.8, 4) is 0 Å². The maximum atomic E-state index is 12.3. The summed E-state index contributed by atoms with van der Waals surface area (Å²) in [5.74, 6) is 0. The monoisotopic (exact) mass is 354 g/mol. The predicted molar refractivity (Wildman–Crippen MR) is 85.7 cm³/mol. The van der Waals surface area contributed by atoms with E-state index in [0.717, 1.165) is 5.69 Å². The van der Waals surface area contributed by atoms with Crippen molar-refractivity contribution < 1.29 is 8.42 Å². The van der Waals surface area contributed by atoms with E-state index < -0.39 is 10.0 Å². The van der Waals surface area contributed by atoms with Gasteiger partial charge in [-0.2, -0.15) is 0 Å². The normalized spacial score (nSPS) is 11.2. The quantitative estimate of drug-likeness (QED) is 0.916. The summed E-state index contributed by atoms with van der Waals surface area (Å²) in [5.41, 5.74) is 1.46. The van der Waals surface area contributed by atoms with Crippen molar-refractivity contribution >= 4 is 37.3 Å². The molecule has 0 aliphatic heterocycles. The van der Waals surface area contributed by atoms with Gasteiger partial charge in [0, 0.05) is 24.3 Å². The third-order valence-electron chi connectivity index (χ3n) is 2.74. The molecular weight excluding hydrogens is 340 g/mol. The van der Waals surface area contributed by atoms with E-state index >= 15 is 0 Å². The zero-order valence-corrected chi connectivity index (χ0v) is 13.6. The molecule has 6 heteroatoms. The SMILES string of the molecule is CN(C)c1cccc(NS(=O)(=O)c2ccccc2Br)c1. The third-order valence-corrected chi connectivity index (χ3v) is 5.13. The number of nitrogens with zero attached hydrogens (tertiary/aromatic N) is 1. The van der Waals surface area contributed by atoms with Gasteiger partial charge in [0.05, 0.1) is 5.69 Å². The van der Waals surface area contributed by atoms with E-state index in [-0.39, 0.29) is 4.90 Å². The summed E-state index contributed by atoms with van der Waals surface area (Å²) in [7, 11) is 0.206. The van der Waals surface area contributed by atoms with Gasteiger partial charge in [0.1, 0.15) is 4.90 Å². The number of anilines is 2. The average Bonchev–Trinajstić information content (AvgIpc) is 2.38. The molecule has 1 N–H and O–H groups in total. The van der Waals surface area contributed by atoms with Crippen molar-refractivity contribution in [1.82, 2.24) is 0 Å². The molecule has 0 heterocycles. The number of rotatable bonds is 4. The van der Waals surface area contributed by atoms with Crippen LogP contribution in [0.5, 0.6) is 0 Å². The Labute approximate surface area is 127 Å². The Morgan fingerprint density at radius 1 is 1.05 bits per heavy atom. The van der Waals surface area contributed by atoms with Crippen LogP contribution >= 0.6 is 15.9 Å². The summed E-state index contributed by atoms with van der Waals surface area (Å²) in [6.07, 6.45) is 0. The average molecular weight is 355 g/mol. The molecule has 2 rings (SSSR count). The van der Waals surface area contributed by atoms with Gasteiger partial charge in [-0.1, -0.05) is 18.2 Å². The topological polar surface area (TPSA) is 49.4 Å². The fourth-order valence-corrected chi connectivity index (χ4v) is 3.77. The van der Waals surface area contributed by atoms with Gasteiger partial charge in [-0.25, -0.2) is 8.42 Å². The highest BCUT2D eigenvalue weighted by Gasteiger charge is 2.17. The smallest absolute Gasteiger partial charge is 0.263 e. The second kappa shape index (κ2) is 5.85. The molecule has 4 nitrogen and oxygen atoms in total. The molecule has 2 aromatic carbocycles. The van der Waals surface area contributed by atoms with Gasteiger partial charge in [-0.15, -0.1) is 0 Å². The van der Waals surface area contributed by atoms with Gasteiger partial charge in [0.2, 0.25) is 0 Å². The summed E-state index contributed by atoms with van der Waals surface area (Å²) in [5, 5.41) is 0. The molecular formula is C14H15BrN2O2S. The van der Waals surface area contributed by atoms with Crippen molar-refractivity contribution in [2.75, 3.05) is 23.7 Å². The minimum Gasteiger partial charge on any atom is -0.378 e. The molecule has 20 heavy (non-hydrogen) atoms. The molecule has 0 aliphatic carbocycles. The highest BCUT2D eigenvalue weighted by atomic mass is 79.9. The van der Waals surface area contributed by atoms with Gasteiger partial charge >= 0.3 is 0 Å². The zero-order valence-electron chi connectivity index (χ0n) is 11.2. The van der Waals surface area contributed by atoms with E-state index in [0.29, 0.717) is 10.2 Å². The van der Waals surface area contributed by atoms with Crippen LogP contribution in [0.4, 0.5) is 11.4 Å². The first kappa shape index (κ1) is 14.9. The van der Waals surface area contributed by atoms with Crippen LogP contribution in [0.15, 0.2) is 57.9 Å². The van der Waals surface area contributed by atoms with Crippen molar-refractivity contribution in [3.05, 3.63) is 53.0 Å². The van der Waals surface area contributed by atoms with Gasteiger partial charge in [0.15, 0.2) is 0 Å². The van der Waals surface area contributed by atoms with E-state index in [1.165, 1.54) is 0 Å². The molecule has 2 aromatic rings. The maximum Gasteiger partial charge on any atom is 0.263 e. The molecule has 0 radical (unpaired) electrons. The lowest BCUT2D eigenvalue weighted by atomic mass is 10.3. The molecule has 106 valence electrons. The lowest BCUT2D eigenvalue weighted by Crippen LogP contribution is -2.14. The van der Waals surface area contributed by atoms with Crippen LogP contribution in [0.3, 0.4) is 0 Å². The summed E-state index contributed by atoms with van der Waals surface area (Å²) in [6.45, 7) is 0. The first-order valence-electron chi connectivity index (χ1n) is 5.95. The zero-order chi connectivity index (χ0) is 14.8. The molecule has 0 unspecified atom stereocenters. The molecule has 0 spiro atoms. The fraction of sp³-hybridized carbons (Fsp3) is 0.143. The number of sulfonamides is 1. The van der Waals surface area contributed by atoms with Crippen molar-refractivity contribution in [2.24, 2.45) is 0 Å². The largest absolute Gasteiger partial charge is 0.378 e. The highest BCUT2D eigenvalue weighted by Crippen LogP contribution is 2.25. The van der Waals surface area contributed by atoms with Crippen molar-refractivity contribution in [3.63, 3.8) is 0 Å². The minimum atomic E-state index is -3.60. The predicted octanol–water partition coefficient (Wildman–Crippen LogP) is 3.32.